The molecule has 0 atom stereocenters. The third-order valence-corrected chi connectivity index (χ3v) is 3.83. The fraction of sp³-hybridized carbons (Fsp3) is 0.188. The Labute approximate surface area is 112 Å². The maximum Gasteiger partial charge on any atom is 0.134 e. The van der Waals surface area contributed by atoms with Crippen LogP contribution in [0.25, 0.3) is 11.1 Å². The second-order valence-electron chi connectivity index (χ2n) is 4.65. The summed E-state index contributed by atoms with van der Waals surface area (Å²) in [5, 5.41) is 11.0. The second-order valence-corrected chi connectivity index (χ2v) is 6.05. The van der Waals surface area contributed by atoms with E-state index in [1.807, 2.05) is 18.2 Å². The van der Waals surface area contributed by atoms with Crippen LogP contribution in [-0.2, 0) is 4.75 Å². The van der Waals surface area contributed by atoms with E-state index in [0.29, 0.717) is 0 Å². The lowest BCUT2D eigenvalue weighted by molar-refractivity contribution is 0.787. The Kier molecular flexibility index (Phi) is 3.74. The van der Waals surface area contributed by atoms with E-state index < -0.39 is 0 Å². The SMILES string of the molecule is CC(C)(SC#N)c1ccc(-c2ccccc2)cc1. The Morgan fingerprint density at radius 2 is 1.44 bits per heavy atom. The first-order chi connectivity index (χ1) is 8.63. The van der Waals surface area contributed by atoms with Gasteiger partial charge in [0.15, 0.2) is 0 Å². The summed E-state index contributed by atoms with van der Waals surface area (Å²) < 4.78 is -0.163. The van der Waals surface area contributed by atoms with E-state index in [9.17, 15) is 0 Å². The zero-order valence-corrected chi connectivity index (χ0v) is 11.4. The zero-order chi connectivity index (χ0) is 13.0. The lowest BCUT2D eigenvalue weighted by atomic mass is 9.98. The van der Waals surface area contributed by atoms with Crippen LogP contribution < -0.4 is 0 Å². The summed E-state index contributed by atoms with van der Waals surface area (Å²) in [4.78, 5) is 0. The summed E-state index contributed by atoms with van der Waals surface area (Å²) in [5.74, 6) is 0. The summed E-state index contributed by atoms with van der Waals surface area (Å²) in [6.45, 7) is 4.14. The average Bonchev–Trinajstić information content (AvgIpc) is 2.40. The molecular weight excluding hydrogens is 238 g/mol. The Bertz CT molecular complexity index is 550. The number of rotatable bonds is 3. The summed E-state index contributed by atoms with van der Waals surface area (Å²) in [6.07, 6.45) is 0. The third-order valence-electron chi connectivity index (χ3n) is 2.99. The number of hydrogen-bond donors (Lipinski definition) is 0. The van der Waals surface area contributed by atoms with E-state index in [-0.39, 0.29) is 4.75 Å². The van der Waals surface area contributed by atoms with Gasteiger partial charge >= 0.3 is 0 Å². The van der Waals surface area contributed by atoms with Crippen LogP contribution in [0.1, 0.15) is 19.4 Å². The number of thioether (sulfide) groups is 1. The number of thiocyanates is 1. The van der Waals surface area contributed by atoms with Crippen molar-refractivity contribution in [1.29, 1.82) is 5.26 Å². The van der Waals surface area contributed by atoms with Crippen molar-refractivity contribution in [3.8, 4) is 16.5 Å². The van der Waals surface area contributed by atoms with Gasteiger partial charge in [-0.25, -0.2) is 0 Å². The van der Waals surface area contributed by atoms with Gasteiger partial charge in [-0.3, -0.25) is 0 Å². The van der Waals surface area contributed by atoms with Crippen molar-refractivity contribution in [2.24, 2.45) is 0 Å². The van der Waals surface area contributed by atoms with E-state index >= 15 is 0 Å². The maximum absolute atomic E-state index is 8.81. The van der Waals surface area contributed by atoms with Gasteiger partial charge in [0.2, 0.25) is 0 Å². The van der Waals surface area contributed by atoms with Crippen molar-refractivity contribution >= 4 is 11.8 Å². The van der Waals surface area contributed by atoms with E-state index in [1.165, 1.54) is 28.5 Å². The molecule has 0 saturated carbocycles. The van der Waals surface area contributed by atoms with Crippen molar-refractivity contribution in [3.63, 3.8) is 0 Å². The van der Waals surface area contributed by atoms with E-state index in [1.54, 1.807) is 0 Å². The molecule has 0 N–H and O–H groups in total. The Morgan fingerprint density at radius 3 is 2.00 bits per heavy atom. The van der Waals surface area contributed by atoms with Gasteiger partial charge in [-0.15, -0.1) is 0 Å². The molecule has 0 bridgehead atoms. The van der Waals surface area contributed by atoms with Gasteiger partial charge in [0, 0.05) is 4.75 Å². The van der Waals surface area contributed by atoms with Crippen molar-refractivity contribution in [3.05, 3.63) is 60.2 Å². The first-order valence-corrected chi connectivity index (χ1v) is 6.68. The molecule has 0 aliphatic heterocycles. The van der Waals surface area contributed by atoms with Gasteiger partial charge in [0.05, 0.1) is 0 Å². The molecule has 90 valence electrons. The molecule has 2 aromatic carbocycles. The number of nitriles is 1. The van der Waals surface area contributed by atoms with Gasteiger partial charge in [-0.1, -0.05) is 54.6 Å². The lowest BCUT2D eigenvalue weighted by Gasteiger charge is -2.20. The maximum atomic E-state index is 8.81. The Morgan fingerprint density at radius 1 is 0.889 bits per heavy atom. The van der Waals surface area contributed by atoms with E-state index in [0.717, 1.165) is 0 Å². The van der Waals surface area contributed by atoms with Gasteiger partial charge in [0.25, 0.3) is 0 Å². The molecule has 1 nitrogen and oxygen atoms in total. The van der Waals surface area contributed by atoms with Crippen molar-refractivity contribution in [2.75, 3.05) is 0 Å². The molecule has 0 heterocycles. The molecule has 2 rings (SSSR count). The number of benzene rings is 2. The summed E-state index contributed by atoms with van der Waals surface area (Å²) in [6, 6.07) is 18.7. The van der Waals surface area contributed by atoms with Crippen LogP contribution in [0.15, 0.2) is 54.6 Å². The second kappa shape index (κ2) is 5.29. The number of hydrogen-bond acceptors (Lipinski definition) is 2. The molecule has 0 unspecified atom stereocenters. The summed E-state index contributed by atoms with van der Waals surface area (Å²) in [5.41, 5.74) is 3.60. The van der Waals surface area contributed by atoms with Crippen LogP contribution >= 0.6 is 11.8 Å². The Balaban J connectivity index is 2.29. The highest BCUT2D eigenvalue weighted by atomic mass is 32.2. The normalized spacial score (nSPS) is 10.9. The van der Waals surface area contributed by atoms with Crippen LogP contribution in [0.3, 0.4) is 0 Å². The van der Waals surface area contributed by atoms with Gasteiger partial charge < -0.3 is 0 Å². The molecule has 0 aliphatic carbocycles. The molecule has 0 saturated heterocycles. The zero-order valence-electron chi connectivity index (χ0n) is 10.6. The quantitative estimate of drug-likeness (QED) is 0.733. The van der Waals surface area contributed by atoms with Crippen molar-refractivity contribution in [2.45, 2.75) is 18.6 Å². The molecule has 0 aliphatic rings. The molecular formula is C16H15NS. The standard InChI is InChI=1S/C16H15NS/c1-16(2,18-12-17)15-10-8-14(9-11-15)13-6-4-3-5-7-13/h3-11H,1-2H3. The fourth-order valence-electron chi connectivity index (χ4n) is 1.87. The third kappa shape index (κ3) is 2.75. The molecule has 0 aromatic heterocycles. The molecule has 0 radical (unpaired) electrons. The highest BCUT2D eigenvalue weighted by Crippen LogP contribution is 2.35. The minimum Gasteiger partial charge on any atom is -0.185 e. The van der Waals surface area contributed by atoms with Gasteiger partial charge in [-0.2, -0.15) is 5.26 Å². The first-order valence-electron chi connectivity index (χ1n) is 5.86. The average molecular weight is 253 g/mol. The first kappa shape index (κ1) is 12.7. The molecule has 0 spiro atoms. The minimum atomic E-state index is -0.163. The number of nitrogens with zero attached hydrogens (tertiary/aromatic N) is 1. The topological polar surface area (TPSA) is 23.8 Å². The molecule has 0 fully saturated rings. The van der Waals surface area contributed by atoms with Crippen LogP contribution in [0.2, 0.25) is 0 Å². The van der Waals surface area contributed by atoms with Crippen LogP contribution in [0.5, 0.6) is 0 Å². The van der Waals surface area contributed by atoms with Gasteiger partial charge in [0.1, 0.15) is 5.40 Å². The minimum absolute atomic E-state index is 0.163. The predicted molar refractivity (Wildman–Crippen MR) is 78.1 cm³/mol. The van der Waals surface area contributed by atoms with E-state index in [4.69, 9.17) is 5.26 Å². The molecule has 2 heteroatoms. The van der Waals surface area contributed by atoms with E-state index in [2.05, 4.69) is 55.6 Å². The molecule has 0 amide bonds. The monoisotopic (exact) mass is 253 g/mol. The summed E-state index contributed by atoms with van der Waals surface area (Å²) >= 11 is 1.29. The van der Waals surface area contributed by atoms with Crippen molar-refractivity contribution < 1.29 is 0 Å². The smallest absolute Gasteiger partial charge is 0.134 e. The largest absolute Gasteiger partial charge is 0.185 e. The van der Waals surface area contributed by atoms with Crippen LogP contribution in [-0.4, -0.2) is 0 Å². The molecule has 2 aromatic rings. The predicted octanol–water partition coefficient (Wildman–Crippen LogP) is 4.80. The summed E-state index contributed by atoms with van der Waals surface area (Å²) in [7, 11) is 0. The van der Waals surface area contributed by atoms with Crippen LogP contribution in [0, 0.1) is 10.7 Å². The lowest BCUT2D eigenvalue weighted by Crippen LogP contribution is -2.10. The Hall–Kier alpha value is -1.72. The van der Waals surface area contributed by atoms with Crippen LogP contribution in [0.4, 0.5) is 0 Å². The highest BCUT2D eigenvalue weighted by Gasteiger charge is 2.21. The van der Waals surface area contributed by atoms with Gasteiger partial charge in [-0.05, 0) is 42.3 Å². The fourth-order valence-corrected chi connectivity index (χ4v) is 2.35. The van der Waals surface area contributed by atoms with Crippen molar-refractivity contribution in [1.82, 2.24) is 0 Å². The highest BCUT2D eigenvalue weighted by molar-refractivity contribution is 8.04. The molecule has 18 heavy (non-hydrogen) atoms.